The standard InChI is InChI=1S/C25H22N2/c1-15-9-16(2)11-19(10-15)23-22-24(27-14-26-23)20-12-17-7-5-6-8-18(17)13-21(20)25(22,3)4/h5-14H,1-4H3. The van der Waals surface area contributed by atoms with Gasteiger partial charge in [-0.25, -0.2) is 9.97 Å². The van der Waals surface area contributed by atoms with E-state index in [1.807, 2.05) is 0 Å². The molecule has 3 aromatic carbocycles. The lowest BCUT2D eigenvalue weighted by Crippen LogP contribution is -2.17. The molecule has 2 heteroatoms. The first-order valence-corrected chi connectivity index (χ1v) is 9.43. The molecule has 132 valence electrons. The van der Waals surface area contributed by atoms with Crippen LogP contribution in [-0.2, 0) is 5.41 Å². The van der Waals surface area contributed by atoms with E-state index in [9.17, 15) is 0 Å². The number of rotatable bonds is 1. The topological polar surface area (TPSA) is 25.8 Å². The van der Waals surface area contributed by atoms with Crippen molar-refractivity contribution < 1.29 is 0 Å². The van der Waals surface area contributed by atoms with Crippen molar-refractivity contribution in [2.24, 2.45) is 0 Å². The van der Waals surface area contributed by atoms with E-state index in [0.29, 0.717) is 0 Å². The number of nitrogens with zero attached hydrogens (tertiary/aromatic N) is 2. The molecule has 0 saturated heterocycles. The molecule has 0 bridgehead atoms. The van der Waals surface area contributed by atoms with E-state index < -0.39 is 0 Å². The van der Waals surface area contributed by atoms with Crippen LogP contribution in [-0.4, -0.2) is 9.97 Å². The lowest BCUT2D eigenvalue weighted by molar-refractivity contribution is 0.658. The Balaban J connectivity index is 1.83. The van der Waals surface area contributed by atoms with Gasteiger partial charge in [-0.2, -0.15) is 0 Å². The van der Waals surface area contributed by atoms with Crippen LogP contribution in [0.4, 0.5) is 0 Å². The van der Waals surface area contributed by atoms with Gasteiger partial charge >= 0.3 is 0 Å². The van der Waals surface area contributed by atoms with Crippen LogP contribution in [0.25, 0.3) is 33.3 Å². The summed E-state index contributed by atoms with van der Waals surface area (Å²) in [7, 11) is 0. The van der Waals surface area contributed by atoms with E-state index in [-0.39, 0.29) is 5.41 Å². The minimum atomic E-state index is -0.136. The molecule has 27 heavy (non-hydrogen) atoms. The molecule has 0 aliphatic heterocycles. The van der Waals surface area contributed by atoms with Gasteiger partial charge in [0.25, 0.3) is 0 Å². The molecule has 4 aromatic rings. The smallest absolute Gasteiger partial charge is 0.116 e. The molecule has 5 rings (SSSR count). The number of benzene rings is 3. The Morgan fingerprint density at radius 1 is 0.741 bits per heavy atom. The third-order valence-corrected chi connectivity index (χ3v) is 5.78. The summed E-state index contributed by atoms with van der Waals surface area (Å²) in [5.41, 5.74) is 9.50. The Morgan fingerprint density at radius 3 is 2.07 bits per heavy atom. The van der Waals surface area contributed by atoms with Crippen LogP contribution in [0.2, 0.25) is 0 Å². The van der Waals surface area contributed by atoms with E-state index in [1.165, 1.54) is 44.2 Å². The minimum absolute atomic E-state index is 0.136. The molecule has 1 heterocycles. The number of aromatic nitrogens is 2. The van der Waals surface area contributed by atoms with Gasteiger partial charge in [0.2, 0.25) is 0 Å². The van der Waals surface area contributed by atoms with Crippen molar-refractivity contribution in [1.29, 1.82) is 0 Å². The summed E-state index contributed by atoms with van der Waals surface area (Å²) in [5, 5.41) is 2.53. The van der Waals surface area contributed by atoms with Gasteiger partial charge in [-0.1, -0.05) is 55.3 Å². The Morgan fingerprint density at radius 2 is 1.37 bits per heavy atom. The SMILES string of the molecule is Cc1cc(C)cc(-c2ncnc3c2C(C)(C)c2cc4ccccc4cc2-3)c1. The van der Waals surface area contributed by atoms with Gasteiger partial charge in [0.15, 0.2) is 0 Å². The van der Waals surface area contributed by atoms with Crippen LogP contribution in [0.15, 0.2) is 60.9 Å². The van der Waals surface area contributed by atoms with Crippen LogP contribution in [0.1, 0.15) is 36.1 Å². The second kappa shape index (κ2) is 5.50. The van der Waals surface area contributed by atoms with Crippen LogP contribution in [0.3, 0.4) is 0 Å². The molecule has 2 nitrogen and oxygen atoms in total. The zero-order valence-electron chi connectivity index (χ0n) is 16.2. The molecule has 1 aliphatic rings. The highest BCUT2D eigenvalue weighted by Crippen LogP contribution is 2.51. The fourth-order valence-corrected chi connectivity index (χ4v) is 4.60. The molecule has 1 aliphatic carbocycles. The highest BCUT2D eigenvalue weighted by Gasteiger charge is 2.39. The molecular weight excluding hydrogens is 328 g/mol. The molecule has 1 aromatic heterocycles. The summed E-state index contributed by atoms with van der Waals surface area (Å²) >= 11 is 0. The van der Waals surface area contributed by atoms with Gasteiger partial charge in [0, 0.05) is 22.1 Å². The molecular formula is C25H22N2. The first-order chi connectivity index (χ1) is 12.9. The van der Waals surface area contributed by atoms with Crippen molar-refractivity contribution in [2.75, 3.05) is 0 Å². The minimum Gasteiger partial charge on any atom is -0.236 e. The van der Waals surface area contributed by atoms with Crippen molar-refractivity contribution in [3.8, 4) is 22.5 Å². The van der Waals surface area contributed by atoms with Gasteiger partial charge < -0.3 is 0 Å². The lowest BCUT2D eigenvalue weighted by atomic mass is 9.80. The van der Waals surface area contributed by atoms with Gasteiger partial charge in [-0.05, 0) is 54.4 Å². The third kappa shape index (κ3) is 2.33. The van der Waals surface area contributed by atoms with Gasteiger partial charge in [-0.15, -0.1) is 0 Å². The second-order valence-corrected chi connectivity index (χ2v) is 8.19. The zero-order chi connectivity index (χ0) is 18.8. The number of hydrogen-bond donors (Lipinski definition) is 0. The molecule has 0 radical (unpaired) electrons. The summed E-state index contributed by atoms with van der Waals surface area (Å²) in [6.07, 6.45) is 1.71. The quantitative estimate of drug-likeness (QED) is 0.407. The second-order valence-electron chi connectivity index (χ2n) is 8.19. The van der Waals surface area contributed by atoms with Crippen molar-refractivity contribution in [3.05, 3.63) is 83.2 Å². The van der Waals surface area contributed by atoms with E-state index in [4.69, 9.17) is 9.97 Å². The molecule has 0 atom stereocenters. The first-order valence-electron chi connectivity index (χ1n) is 9.43. The number of aryl methyl sites for hydroxylation is 2. The Labute approximate surface area is 159 Å². The molecule has 0 unspecified atom stereocenters. The van der Waals surface area contributed by atoms with E-state index >= 15 is 0 Å². The first kappa shape index (κ1) is 16.2. The van der Waals surface area contributed by atoms with Crippen molar-refractivity contribution in [1.82, 2.24) is 9.97 Å². The van der Waals surface area contributed by atoms with Crippen molar-refractivity contribution >= 4 is 10.8 Å². The Kier molecular flexibility index (Phi) is 3.30. The van der Waals surface area contributed by atoms with E-state index in [2.05, 4.69) is 82.3 Å². The summed E-state index contributed by atoms with van der Waals surface area (Å²) in [6, 6.07) is 19.8. The number of hydrogen-bond acceptors (Lipinski definition) is 2. The average molecular weight is 350 g/mol. The van der Waals surface area contributed by atoms with Gasteiger partial charge in [0.05, 0.1) is 11.4 Å². The maximum atomic E-state index is 4.74. The third-order valence-electron chi connectivity index (χ3n) is 5.78. The molecule has 0 fully saturated rings. The van der Waals surface area contributed by atoms with E-state index in [0.717, 1.165) is 11.4 Å². The van der Waals surface area contributed by atoms with Crippen molar-refractivity contribution in [2.45, 2.75) is 33.1 Å². The van der Waals surface area contributed by atoms with Crippen LogP contribution < -0.4 is 0 Å². The average Bonchev–Trinajstić information content (AvgIpc) is 2.87. The molecule has 0 N–H and O–H groups in total. The Bertz CT molecular complexity index is 1200. The lowest BCUT2D eigenvalue weighted by Gasteiger charge is -2.23. The highest BCUT2D eigenvalue weighted by atomic mass is 14.9. The molecule has 0 spiro atoms. The summed E-state index contributed by atoms with van der Waals surface area (Å²) in [5.74, 6) is 0. The zero-order valence-corrected chi connectivity index (χ0v) is 16.2. The molecule has 0 saturated carbocycles. The Hall–Kier alpha value is -3.00. The fraction of sp³-hybridized carbons (Fsp3) is 0.200. The van der Waals surface area contributed by atoms with E-state index in [1.54, 1.807) is 6.33 Å². The summed E-state index contributed by atoms with van der Waals surface area (Å²) < 4.78 is 0. The summed E-state index contributed by atoms with van der Waals surface area (Å²) in [4.78, 5) is 9.46. The molecule has 0 amide bonds. The maximum Gasteiger partial charge on any atom is 0.116 e. The normalized spacial score (nSPS) is 14.2. The number of fused-ring (bicyclic) bond motifs is 4. The van der Waals surface area contributed by atoms with Crippen LogP contribution in [0, 0.1) is 13.8 Å². The summed E-state index contributed by atoms with van der Waals surface area (Å²) in [6.45, 7) is 8.87. The fourth-order valence-electron chi connectivity index (χ4n) is 4.60. The van der Waals surface area contributed by atoms with Crippen molar-refractivity contribution in [3.63, 3.8) is 0 Å². The predicted octanol–water partition coefficient (Wildman–Crippen LogP) is 6.22. The predicted molar refractivity (Wildman–Crippen MR) is 112 cm³/mol. The monoisotopic (exact) mass is 350 g/mol. The van der Waals surface area contributed by atoms with Gasteiger partial charge in [0.1, 0.15) is 6.33 Å². The van der Waals surface area contributed by atoms with Gasteiger partial charge in [-0.3, -0.25) is 0 Å². The van der Waals surface area contributed by atoms with Crippen LogP contribution >= 0.6 is 0 Å². The maximum absolute atomic E-state index is 4.74. The highest BCUT2D eigenvalue weighted by molar-refractivity contribution is 5.94. The largest absolute Gasteiger partial charge is 0.236 e. The van der Waals surface area contributed by atoms with Crippen LogP contribution in [0.5, 0.6) is 0 Å².